The quantitative estimate of drug-likeness (QED) is 0.816. The lowest BCUT2D eigenvalue weighted by molar-refractivity contribution is 0.0220. The molecule has 2 amide bonds. The minimum atomic E-state index is -0.0660. The van der Waals surface area contributed by atoms with Gasteiger partial charge in [-0.1, -0.05) is 0 Å². The van der Waals surface area contributed by atoms with E-state index in [4.69, 9.17) is 18.9 Å². The molecule has 1 aliphatic heterocycles. The Balaban J connectivity index is 1.93. The molecule has 1 N–H and O–H groups in total. The van der Waals surface area contributed by atoms with Gasteiger partial charge in [0.25, 0.3) is 0 Å². The summed E-state index contributed by atoms with van der Waals surface area (Å²) in [7, 11) is 4.71. The monoisotopic (exact) mass is 352 g/mol. The van der Waals surface area contributed by atoms with Crippen molar-refractivity contribution in [3.05, 3.63) is 17.7 Å². The van der Waals surface area contributed by atoms with Crippen LogP contribution in [0.2, 0.25) is 0 Å². The van der Waals surface area contributed by atoms with Crippen molar-refractivity contribution in [3.8, 4) is 17.2 Å². The molecule has 1 heterocycles. The van der Waals surface area contributed by atoms with Gasteiger partial charge < -0.3 is 29.2 Å². The highest BCUT2D eigenvalue weighted by Gasteiger charge is 2.23. The third-order valence-corrected chi connectivity index (χ3v) is 4.30. The first-order valence-corrected chi connectivity index (χ1v) is 8.56. The third-order valence-electron chi connectivity index (χ3n) is 4.30. The normalized spacial score (nSPS) is 15.0. The minimum absolute atomic E-state index is 0.0660. The predicted molar refractivity (Wildman–Crippen MR) is 94.6 cm³/mol. The van der Waals surface area contributed by atoms with E-state index in [9.17, 15) is 4.79 Å². The Labute approximate surface area is 149 Å². The van der Waals surface area contributed by atoms with Crippen molar-refractivity contribution in [2.75, 3.05) is 41.0 Å². The molecule has 0 atom stereocenters. The molecular formula is C18H28N2O5. The number of piperidine rings is 1. The van der Waals surface area contributed by atoms with Gasteiger partial charge in [0, 0.05) is 26.2 Å². The molecular weight excluding hydrogens is 324 g/mol. The summed E-state index contributed by atoms with van der Waals surface area (Å²) in [5, 5.41) is 2.95. The predicted octanol–water partition coefficient (Wildman–Crippen LogP) is 2.42. The molecule has 1 aliphatic rings. The van der Waals surface area contributed by atoms with Gasteiger partial charge in [0.2, 0.25) is 5.75 Å². The van der Waals surface area contributed by atoms with Crippen LogP contribution >= 0.6 is 0 Å². The number of likely N-dealkylation sites (tertiary alicyclic amines) is 1. The summed E-state index contributed by atoms with van der Waals surface area (Å²) >= 11 is 0. The number of hydrogen-bond acceptors (Lipinski definition) is 5. The van der Waals surface area contributed by atoms with E-state index in [2.05, 4.69) is 5.32 Å². The van der Waals surface area contributed by atoms with Crippen LogP contribution < -0.4 is 19.5 Å². The van der Waals surface area contributed by atoms with Crippen LogP contribution in [-0.4, -0.2) is 58.1 Å². The van der Waals surface area contributed by atoms with Gasteiger partial charge in [0.1, 0.15) is 0 Å². The molecule has 7 nitrogen and oxygen atoms in total. The number of benzene rings is 1. The maximum absolute atomic E-state index is 12.4. The zero-order chi connectivity index (χ0) is 18.2. The van der Waals surface area contributed by atoms with Crippen LogP contribution in [0.1, 0.15) is 25.3 Å². The van der Waals surface area contributed by atoms with Crippen LogP contribution in [0.15, 0.2) is 12.1 Å². The molecule has 1 fully saturated rings. The number of methoxy groups -OCH3 is 3. The molecule has 1 saturated heterocycles. The van der Waals surface area contributed by atoms with E-state index in [0.717, 1.165) is 25.0 Å². The molecule has 0 unspecified atom stereocenters. The molecule has 1 aromatic carbocycles. The number of nitrogens with one attached hydrogen (secondary N) is 1. The first kappa shape index (κ1) is 19.2. The Morgan fingerprint density at radius 3 is 2.20 bits per heavy atom. The summed E-state index contributed by atoms with van der Waals surface area (Å²) in [6.45, 7) is 4.53. The first-order valence-electron chi connectivity index (χ1n) is 8.56. The van der Waals surface area contributed by atoms with Crippen LogP contribution in [0.3, 0.4) is 0 Å². The number of carbonyl (C=O) groups is 1. The summed E-state index contributed by atoms with van der Waals surface area (Å²) in [6.07, 6.45) is 2.03. The summed E-state index contributed by atoms with van der Waals surface area (Å²) in [5.74, 6) is 1.69. The SMILES string of the molecule is CCOC1CCN(C(=O)NCc2cc(OC)c(OC)c(OC)c2)CC1. The number of nitrogens with zero attached hydrogens (tertiary/aromatic N) is 1. The Kier molecular flexibility index (Phi) is 7.18. The largest absolute Gasteiger partial charge is 0.493 e. The molecule has 1 aromatic rings. The van der Waals surface area contributed by atoms with E-state index in [1.165, 1.54) is 0 Å². The molecule has 140 valence electrons. The van der Waals surface area contributed by atoms with Crippen molar-refractivity contribution in [1.82, 2.24) is 10.2 Å². The highest BCUT2D eigenvalue weighted by Crippen LogP contribution is 2.38. The van der Waals surface area contributed by atoms with Crippen molar-refractivity contribution in [2.45, 2.75) is 32.4 Å². The lowest BCUT2D eigenvalue weighted by Crippen LogP contribution is -2.45. The van der Waals surface area contributed by atoms with Gasteiger partial charge in [0.15, 0.2) is 11.5 Å². The molecule has 0 radical (unpaired) electrons. The van der Waals surface area contributed by atoms with E-state index < -0.39 is 0 Å². The van der Waals surface area contributed by atoms with E-state index >= 15 is 0 Å². The zero-order valence-electron chi connectivity index (χ0n) is 15.5. The molecule has 2 rings (SSSR count). The lowest BCUT2D eigenvalue weighted by Gasteiger charge is -2.31. The Hall–Kier alpha value is -2.15. The number of hydrogen-bond donors (Lipinski definition) is 1. The van der Waals surface area contributed by atoms with Gasteiger partial charge in [0.05, 0.1) is 27.4 Å². The van der Waals surface area contributed by atoms with E-state index in [1.54, 1.807) is 21.3 Å². The highest BCUT2D eigenvalue weighted by atomic mass is 16.5. The molecule has 0 saturated carbocycles. The summed E-state index contributed by atoms with van der Waals surface area (Å²) in [5.41, 5.74) is 0.882. The fourth-order valence-corrected chi connectivity index (χ4v) is 2.99. The van der Waals surface area contributed by atoms with E-state index in [-0.39, 0.29) is 12.1 Å². The van der Waals surface area contributed by atoms with Crippen LogP contribution in [0.25, 0.3) is 0 Å². The average molecular weight is 352 g/mol. The summed E-state index contributed by atoms with van der Waals surface area (Å²) in [4.78, 5) is 14.2. The average Bonchev–Trinajstić information content (AvgIpc) is 2.65. The second-order valence-corrected chi connectivity index (χ2v) is 5.83. The fraction of sp³-hybridized carbons (Fsp3) is 0.611. The topological polar surface area (TPSA) is 69.3 Å². The first-order chi connectivity index (χ1) is 12.1. The van der Waals surface area contributed by atoms with Crippen molar-refractivity contribution in [1.29, 1.82) is 0 Å². The van der Waals surface area contributed by atoms with Gasteiger partial charge >= 0.3 is 6.03 Å². The Morgan fingerprint density at radius 1 is 1.12 bits per heavy atom. The van der Waals surface area contributed by atoms with Crippen molar-refractivity contribution in [2.24, 2.45) is 0 Å². The molecule has 7 heteroatoms. The van der Waals surface area contributed by atoms with Crippen LogP contribution in [0.4, 0.5) is 4.79 Å². The second-order valence-electron chi connectivity index (χ2n) is 5.83. The molecule has 0 aliphatic carbocycles. The van der Waals surface area contributed by atoms with Gasteiger partial charge in [-0.25, -0.2) is 4.79 Å². The van der Waals surface area contributed by atoms with Gasteiger partial charge in [-0.2, -0.15) is 0 Å². The van der Waals surface area contributed by atoms with E-state index in [0.29, 0.717) is 36.9 Å². The molecule has 0 aromatic heterocycles. The van der Waals surface area contributed by atoms with Crippen LogP contribution in [0, 0.1) is 0 Å². The minimum Gasteiger partial charge on any atom is -0.493 e. The third kappa shape index (κ3) is 4.92. The number of amides is 2. The maximum Gasteiger partial charge on any atom is 0.317 e. The van der Waals surface area contributed by atoms with Crippen molar-refractivity contribution < 1.29 is 23.7 Å². The zero-order valence-corrected chi connectivity index (χ0v) is 15.5. The molecule has 0 spiro atoms. The van der Waals surface area contributed by atoms with E-state index in [1.807, 2.05) is 24.0 Å². The summed E-state index contributed by atoms with van der Waals surface area (Å²) in [6, 6.07) is 3.61. The number of urea groups is 1. The van der Waals surface area contributed by atoms with Crippen molar-refractivity contribution in [3.63, 3.8) is 0 Å². The van der Waals surface area contributed by atoms with Gasteiger partial charge in [-0.05, 0) is 37.5 Å². The molecule has 25 heavy (non-hydrogen) atoms. The maximum atomic E-state index is 12.4. The van der Waals surface area contributed by atoms with Crippen molar-refractivity contribution >= 4 is 6.03 Å². The Bertz CT molecular complexity index is 546. The van der Waals surface area contributed by atoms with Crippen LogP contribution in [-0.2, 0) is 11.3 Å². The Morgan fingerprint density at radius 2 is 1.72 bits per heavy atom. The number of rotatable bonds is 7. The number of carbonyl (C=O) groups excluding carboxylic acids is 1. The summed E-state index contributed by atoms with van der Waals surface area (Å²) < 4.78 is 21.6. The van der Waals surface area contributed by atoms with Gasteiger partial charge in [-0.3, -0.25) is 0 Å². The second kappa shape index (κ2) is 9.36. The lowest BCUT2D eigenvalue weighted by atomic mass is 10.1. The number of ether oxygens (including phenoxy) is 4. The molecule has 0 bridgehead atoms. The van der Waals surface area contributed by atoms with Crippen LogP contribution in [0.5, 0.6) is 17.2 Å². The fourth-order valence-electron chi connectivity index (χ4n) is 2.99. The highest BCUT2D eigenvalue weighted by molar-refractivity contribution is 5.74. The standard InChI is InChI=1S/C18H28N2O5/c1-5-25-14-6-8-20(9-7-14)18(21)19-12-13-10-15(22-2)17(24-4)16(11-13)23-3/h10-11,14H,5-9,12H2,1-4H3,(H,19,21). The van der Waals surface area contributed by atoms with Gasteiger partial charge in [-0.15, -0.1) is 0 Å². The smallest absolute Gasteiger partial charge is 0.317 e.